The maximum Gasteiger partial charge on any atom is 0.316 e. The van der Waals surface area contributed by atoms with Crippen LogP contribution in [-0.2, 0) is 10.2 Å². The van der Waals surface area contributed by atoms with Gasteiger partial charge in [0.2, 0.25) is 0 Å². The van der Waals surface area contributed by atoms with Crippen molar-refractivity contribution in [3.05, 3.63) is 46.3 Å². The number of nitrogens with zero attached hydrogens (tertiary/aromatic N) is 2. The van der Waals surface area contributed by atoms with Crippen LogP contribution in [0.2, 0.25) is 0 Å². The molecule has 4 nitrogen and oxygen atoms in total. The molecule has 0 radical (unpaired) electrons. The molecule has 0 unspecified atom stereocenters. The quantitative estimate of drug-likeness (QED) is 0.931. The fourth-order valence-corrected chi connectivity index (χ4v) is 2.14. The van der Waals surface area contributed by atoms with E-state index in [0.717, 1.165) is 21.4 Å². The molecule has 2 aromatic rings. The molecular weight excluding hydrogens is 320 g/mol. The van der Waals surface area contributed by atoms with Crippen LogP contribution in [0.25, 0.3) is 11.3 Å². The molecular formula is C15H15BrN2O2. The lowest BCUT2D eigenvalue weighted by molar-refractivity contribution is -0.142. The molecule has 0 saturated carbocycles. The molecule has 1 N–H and O–H groups in total. The molecule has 0 atom stereocenters. The number of carbonyl (C=O) groups is 1. The van der Waals surface area contributed by atoms with Gasteiger partial charge in [0.1, 0.15) is 11.2 Å². The molecule has 0 aliphatic rings. The van der Waals surface area contributed by atoms with Gasteiger partial charge in [-0.05, 0) is 39.0 Å². The van der Waals surface area contributed by atoms with Crippen LogP contribution in [0.1, 0.15) is 25.4 Å². The molecule has 1 heterocycles. The highest BCUT2D eigenvalue weighted by molar-refractivity contribution is 9.10. The third-order valence-corrected chi connectivity index (χ3v) is 3.56. The van der Waals surface area contributed by atoms with Crippen molar-refractivity contribution < 1.29 is 9.90 Å². The molecule has 0 amide bonds. The number of aryl methyl sites for hydroxylation is 1. The molecule has 0 bridgehead atoms. The van der Waals surface area contributed by atoms with E-state index in [0.29, 0.717) is 5.82 Å². The van der Waals surface area contributed by atoms with Crippen LogP contribution in [0, 0.1) is 6.92 Å². The summed E-state index contributed by atoms with van der Waals surface area (Å²) in [4.78, 5) is 20.0. The van der Waals surface area contributed by atoms with Gasteiger partial charge in [0.25, 0.3) is 0 Å². The number of carboxylic acid groups (broad SMARTS) is 1. The first kappa shape index (κ1) is 14.7. The average molecular weight is 335 g/mol. The first-order valence-corrected chi connectivity index (χ1v) is 6.95. The van der Waals surface area contributed by atoms with E-state index < -0.39 is 11.4 Å². The number of hydrogen-bond acceptors (Lipinski definition) is 3. The Hall–Kier alpha value is -1.75. The largest absolute Gasteiger partial charge is 0.481 e. The van der Waals surface area contributed by atoms with E-state index in [2.05, 4.69) is 25.9 Å². The van der Waals surface area contributed by atoms with E-state index in [1.165, 1.54) is 0 Å². The van der Waals surface area contributed by atoms with Gasteiger partial charge in [-0.2, -0.15) is 0 Å². The van der Waals surface area contributed by atoms with Crippen LogP contribution in [0.4, 0.5) is 0 Å². The van der Waals surface area contributed by atoms with Gasteiger partial charge in [-0.1, -0.05) is 28.1 Å². The molecule has 2 rings (SSSR count). The molecule has 5 heteroatoms. The number of benzene rings is 1. The Balaban J connectivity index is 2.57. The first-order valence-electron chi connectivity index (χ1n) is 6.16. The fourth-order valence-electron chi connectivity index (χ4n) is 1.74. The standard InChI is InChI=1S/C15H15BrN2O2/c1-9-7-12(10-5-4-6-11(16)8-10)18-13(17-9)15(2,3)14(19)20/h4-8H,1-3H3,(H,19,20). The van der Waals surface area contributed by atoms with Crippen LogP contribution in [0.3, 0.4) is 0 Å². The van der Waals surface area contributed by atoms with Crippen molar-refractivity contribution in [3.63, 3.8) is 0 Å². The van der Waals surface area contributed by atoms with Gasteiger partial charge in [0.15, 0.2) is 0 Å². The highest BCUT2D eigenvalue weighted by Gasteiger charge is 2.33. The number of aromatic nitrogens is 2. The summed E-state index contributed by atoms with van der Waals surface area (Å²) in [5.41, 5.74) is 1.28. The summed E-state index contributed by atoms with van der Waals surface area (Å²) in [5, 5.41) is 9.30. The van der Waals surface area contributed by atoms with Gasteiger partial charge in [0.05, 0.1) is 5.69 Å². The van der Waals surface area contributed by atoms with Gasteiger partial charge >= 0.3 is 5.97 Å². The maximum atomic E-state index is 11.3. The van der Waals surface area contributed by atoms with Crippen LogP contribution in [0.5, 0.6) is 0 Å². The fraction of sp³-hybridized carbons (Fsp3) is 0.267. The summed E-state index contributed by atoms with van der Waals surface area (Å²) in [5.74, 6) is -0.622. The van der Waals surface area contributed by atoms with Crippen LogP contribution in [0.15, 0.2) is 34.8 Å². The van der Waals surface area contributed by atoms with Gasteiger partial charge in [-0.15, -0.1) is 0 Å². The number of rotatable bonds is 3. The Morgan fingerprint density at radius 2 is 1.95 bits per heavy atom. The van der Waals surface area contributed by atoms with Crippen molar-refractivity contribution in [2.45, 2.75) is 26.2 Å². The Morgan fingerprint density at radius 1 is 1.25 bits per heavy atom. The predicted octanol–water partition coefficient (Wildman–Crippen LogP) is 3.58. The highest BCUT2D eigenvalue weighted by Crippen LogP contribution is 2.26. The molecule has 0 aliphatic carbocycles. The Kier molecular flexibility index (Phi) is 3.90. The second-order valence-corrected chi connectivity index (χ2v) is 6.07. The van der Waals surface area contributed by atoms with E-state index in [1.807, 2.05) is 37.3 Å². The third kappa shape index (κ3) is 2.88. The minimum Gasteiger partial charge on any atom is -0.481 e. The smallest absolute Gasteiger partial charge is 0.316 e. The van der Waals surface area contributed by atoms with Gasteiger partial charge in [-0.25, -0.2) is 9.97 Å². The van der Waals surface area contributed by atoms with Gasteiger partial charge in [-0.3, -0.25) is 4.79 Å². The zero-order chi connectivity index (χ0) is 14.9. The van der Waals surface area contributed by atoms with E-state index >= 15 is 0 Å². The van der Waals surface area contributed by atoms with Crippen molar-refractivity contribution in [1.29, 1.82) is 0 Å². The SMILES string of the molecule is Cc1cc(-c2cccc(Br)c2)nc(C(C)(C)C(=O)O)n1. The molecule has 104 valence electrons. The van der Waals surface area contributed by atoms with Crippen molar-refractivity contribution in [2.75, 3.05) is 0 Å². The van der Waals surface area contributed by atoms with Crippen molar-refractivity contribution >= 4 is 21.9 Å². The minimum absolute atomic E-state index is 0.319. The van der Waals surface area contributed by atoms with Crippen LogP contribution >= 0.6 is 15.9 Å². The number of carboxylic acids is 1. The second-order valence-electron chi connectivity index (χ2n) is 5.16. The number of halogens is 1. The normalized spacial score (nSPS) is 11.4. The van der Waals surface area contributed by atoms with E-state index in [4.69, 9.17) is 0 Å². The highest BCUT2D eigenvalue weighted by atomic mass is 79.9. The molecule has 20 heavy (non-hydrogen) atoms. The molecule has 0 aliphatic heterocycles. The average Bonchev–Trinajstić information content (AvgIpc) is 2.37. The van der Waals surface area contributed by atoms with Gasteiger partial charge in [0, 0.05) is 15.7 Å². The summed E-state index contributed by atoms with van der Waals surface area (Å²) in [7, 11) is 0. The Bertz CT molecular complexity index is 669. The summed E-state index contributed by atoms with van der Waals surface area (Å²) >= 11 is 3.42. The van der Waals surface area contributed by atoms with Crippen molar-refractivity contribution in [3.8, 4) is 11.3 Å². The molecule has 0 saturated heterocycles. The Labute approximate surface area is 126 Å². The lowest BCUT2D eigenvalue weighted by Gasteiger charge is -2.18. The van der Waals surface area contributed by atoms with E-state index in [9.17, 15) is 9.90 Å². The monoisotopic (exact) mass is 334 g/mol. The second kappa shape index (κ2) is 5.32. The maximum absolute atomic E-state index is 11.3. The summed E-state index contributed by atoms with van der Waals surface area (Å²) < 4.78 is 0.949. The molecule has 1 aromatic carbocycles. The summed E-state index contributed by atoms with van der Waals surface area (Å²) in [6.07, 6.45) is 0. The zero-order valence-corrected chi connectivity index (χ0v) is 13.1. The lowest BCUT2D eigenvalue weighted by atomic mass is 9.92. The molecule has 1 aromatic heterocycles. The molecule has 0 spiro atoms. The Morgan fingerprint density at radius 3 is 2.55 bits per heavy atom. The van der Waals surface area contributed by atoms with Crippen LogP contribution in [-0.4, -0.2) is 21.0 Å². The lowest BCUT2D eigenvalue weighted by Crippen LogP contribution is -2.31. The van der Waals surface area contributed by atoms with Crippen LogP contribution < -0.4 is 0 Å². The van der Waals surface area contributed by atoms with E-state index in [-0.39, 0.29) is 0 Å². The van der Waals surface area contributed by atoms with E-state index in [1.54, 1.807) is 13.8 Å². The number of hydrogen-bond donors (Lipinski definition) is 1. The zero-order valence-electron chi connectivity index (χ0n) is 11.5. The van der Waals surface area contributed by atoms with Gasteiger partial charge < -0.3 is 5.11 Å². The van der Waals surface area contributed by atoms with Crippen molar-refractivity contribution in [2.24, 2.45) is 0 Å². The topological polar surface area (TPSA) is 63.1 Å². The first-order chi connectivity index (χ1) is 9.30. The third-order valence-electron chi connectivity index (χ3n) is 3.07. The van der Waals surface area contributed by atoms with Crippen molar-refractivity contribution in [1.82, 2.24) is 9.97 Å². The summed E-state index contributed by atoms with van der Waals surface area (Å²) in [6.45, 7) is 5.05. The predicted molar refractivity (Wildman–Crippen MR) is 80.6 cm³/mol. The summed E-state index contributed by atoms with van der Waals surface area (Å²) in [6, 6.07) is 9.57. The number of aliphatic carboxylic acids is 1. The minimum atomic E-state index is -1.12. The molecule has 0 fully saturated rings.